The molecule has 1 aromatic rings. The molecule has 0 aromatic carbocycles. The molecular formula is C9H17BrN4O3S. The van der Waals surface area contributed by atoms with Gasteiger partial charge in [-0.25, -0.2) is 17.8 Å². The fraction of sp³-hybridized carbons (Fsp3) is 0.778. The van der Waals surface area contributed by atoms with Gasteiger partial charge in [-0.1, -0.05) is 5.21 Å². The van der Waals surface area contributed by atoms with Gasteiger partial charge in [0.25, 0.3) is 10.0 Å². The number of nitrogens with one attached hydrogen (secondary N) is 1. The lowest BCUT2D eigenvalue weighted by atomic mass is 10.1. The Bertz CT molecular complexity index is 492. The first-order valence-corrected chi connectivity index (χ1v) is 7.66. The summed E-state index contributed by atoms with van der Waals surface area (Å²) < 4.78 is 33.5. The lowest BCUT2D eigenvalue weighted by molar-refractivity contribution is -0.00517. The second-order valence-electron chi connectivity index (χ2n) is 4.33. The van der Waals surface area contributed by atoms with Crippen molar-refractivity contribution < 1.29 is 13.2 Å². The molecule has 18 heavy (non-hydrogen) atoms. The quantitative estimate of drug-likeness (QED) is 0.822. The Labute approximate surface area is 115 Å². The summed E-state index contributed by atoms with van der Waals surface area (Å²) in [6, 6.07) is 0. The zero-order valence-corrected chi connectivity index (χ0v) is 13.2. The number of nitrogens with zero attached hydrogens (tertiary/aromatic N) is 3. The summed E-state index contributed by atoms with van der Waals surface area (Å²) in [4.78, 5) is 0. The summed E-state index contributed by atoms with van der Waals surface area (Å²) in [5.41, 5.74) is -0.569. The van der Waals surface area contributed by atoms with Crippen LogP contribution >= 0.6 is 15.9 Å². The SMILES string of the molecule is CCOC(C)(C)CNS(=O)(=O)c1c(Br)nnn1C. The number of sulfonamides is 1. The highest BCUT2D eigenvalue weighted by molar-refractivity contribution is 9.10. The van der Waals surface area contributed by atoms with Crippen LogP contribution in [0.3, 0.4) is 0 Å². The van der Waals surface area contributed by atoms with Crippen LogP contribution in [0.1, 0.15) is 20.8 Å². The third kappa shape index (κ3) is 3.74. The van der Waals surface area contributed by atoms with Crippen LogP contribution in [-0.4, -0.2) is 42.2 Å². The molecule has 0 aliphatic carbocycles. The molecule has 1 aromatic heterocycles. The molecule has 0 spiro atoms. The van der Waals surface area contributed by atoms with Crippen LogP contribution in [0.5, 0.6) is 0 Å². The summed E-state index contributed by atoms with van der Waals surface area (Å²) in [6.07, 6.45) is 0. The van der Waals surface area contributed by atoms with Crippen molar-refractivity contribution in [3.63, 3.8) is 0 Å². The van der Waals surface area contributed by atoms with Gasteiger partial charge in [0.1, 0.15) is 0 Å². The van der Waals surface area contributed by atoms with Crippen LogP contribution in [0.25, 0.3) is 0 Å². The molecule has 0 saturated carbocycles. The highest BCUT2D eigenvalue weighted by atomic mass is 79.9. The number of rotatable bonds is 6. The molecule has 0 radical (unpaired) electrons. The second-order valence-corrected chi connectivity index (χ2v) is 6.76. The Kier molecular flexibility index (Phi) is 4.87. The summed E-state index contributed by atoms with van der Waals surface area (Å²) in [7, 11) is -2.15. The Balaban J connectivity index is 2.84. The molecule has 0 unspecified atom stereocenters. The summed E-state index contributed by atoms with van der Waals surface area (Å²) in [6.45, 7) is 6.18. The van der Waals surface area contributed by atoms with E-state index in [2.05, 4.69) is 31.0 Å². The van der Waals surface area contributed by atoms with Gasteiger partial charge in [-0.05, 0) is 36.7 Å². The normalized spacial score (nSPS) is 12.9. The van der Waals surface area contributed by atoms with E-state index in [1.165, 1.54) is 11.7 Å². The van der Waals surface area contributed by atoms with Gasteiger partial charge in [-0.2, -0.15) is 0 Å². The smallest absolute Gasteiger partial charge is 0.260 e. The van der Waals surface area contributed by atoms with Crippen molar-refractivity contribution in [2.45, 2.75) is 31.4 Å². The Morgan fingerprint density at radius 1 is 1.50 bits per heavy atom. The van der Waals surface area contributed by atoms with Crippen molar-refractivity contribution >= 4 is 26.0 Å². The lowest BCUT2D eigenvalue weighted by Gasteiger charge is -2.24. The molecule has 1 heterocycles. The number of aryl methyl sites for hydroxylation is 1. The minimum Gasteiger partial charge on any atom is -0.375 e. The molecule has 0 atom stereocenters. The zero-order valence-electron chi connectivity index (χ0n) is 10.8. The van der Waals surface area contributed by atoms with Crippen LogP contribution in [0.2, 0.25) is 0 Å². The topological polar surface area (TPSA) is 86.1 Å². The predicted octanol–water partition coefficient (Wildman–Crippen LogP) is 0.671. The Morgan fingerprint density at radius 3 is 2.56 bits per heavy atom. The van der Waals surface area contributed by atoms with Gasteiger partial charge in [0.15, 0.2) is 4.60 Å². The van der Waals surface area contributed by atoms with E-state index in [1.807, 2.05) is 20.8 Å². The van der Waals surface area contributed by atoms with Crippen molar-refractivity contribution in [1.29, 1.82) is 0 Å². The second kappa shape index (κ2) is 5.64. The third-order valence-corrected chi connectivity index (χ3v) is 4.50. The van der Waals surface area contributed by atoms with Gasteiger partial charge in [-0.3, -0.25) is 0 Å². The van der Waals surface area contributed by atoms with E-state index in [0.29, 0.717) is 6.61 Å². The van der Waals surface area contributed by atoms with E-state index in [-0.39, 0.29) is 16.2 Å². The van der Waals surface area contributed by atoms with Crippen molar-refractivity contribution in [3.05, 3.63) is 4.60 Å². The van der Waals surface area contributed by atoms with Gasteiger partial charge < -0.3 is 4.74 Å². The fourth-order valence-corrected chi connectivity index (χ4v) is 3.68. The fourth-order valence-electron chi connectivity index (χ4n) is 1.39. The average Bonchev–Trinajstić information content (AvgIpc) is 2.56. The third-order valence-electron chi connectivity index (χ3n) is 2.21. The molecule has 0 saturated heterocycles. The molecular weight excluding hydrogens is 324 g/mol. The minimum absolute atomic E-state index is 0.00482. The summed E-state index contributed by atoms with van der Waals surface area (Å²) in [5, 5.41) is 7.27. The van der Waals surface area contributed by atoms with Gasteiger partial charge in [0.2, 0.25) is 5.03 Å². The molecule has 7 nitrogen and oxygen atoms in total. The zero-order chi connectivity index (χ0) is 14.0. The van der Waals surface area contributed by atoms with Crippen molar-refractivity contribution in [1.82, 2.24) is 19.7 Å². The maximum atomic E-state index is 12.1. The van der Waals surface area contributed by atoms with Gasteiger partial charge in [-0.15, -0.1) is 5.10 Å². The minimum atomic E-state index is -3.67. The predicted molar refractivity (Wildman–Crippen MR) is 69.6 cm³/mol. The lowest BCUT2D eigenvalue weighted by Crippen LogP contribution is -2.41. The molecule has 0 amide bonds. The van der Waals surface area contributed by atoms with Crippen molar-refractivity contribution in [2.75, 3.05) is 13.2 Å². The first-order chi connectivity index (χ1) is 8.19. The first-order valence-electron chi connectivity index (χ1n) is 5.38. The molecule has 0 fully saturated rings. The number of hydrogen-bond donors (Lipinski definition) is 1. The molecule has 1 N–H and O–H groups in total. The molecule has 1 rings (SSSR count). The molecule has 0 bridgehead atoms. The first kappa shape index (κ1) is 15.5. The molecule has 0 aliphatic heterocycles. The number of aromatic nitrogens is 3. The summed E-state index contributed by atoms with van der Waals surface area (Å²) >= 11 is 3.06. The average molecular weight is 341 g/mol. The van der Waals surface area contributed by atoms with Crippen LogP contribution in [0.15, 0.2) is 9.63 Å². The van der Waals surface area contributed by atoms with E-state index in [9.17, 15) is 8.42 Å². The maximum absolute atomic E-state index is 12.1. The molecule has 104 valence electrons. The molecule has 0 aliphatic rings. The van der Waals surface area contributed by atoms with Gasteiger partial charge >= 0.3 is 0 Å². The van der Waals surface area contributed by atoms with Gasteiger partial charge in [0.05, 0.1) is 5.60 Å². The summed E-state index contributed by atoms with van der Waals surface area (Å²) in [5.74, 6) is 0. The number of halogens is 1. The highest BCUT2D eigenvalue weighted by Gasteiger charge is 2.27. The standard InChI is InChI=1S/C9H17BrN4O3S/c1-5-17-9(2,3)6-11-18(15,16)8-7(10)12-13-14(8)4/h11H,5-6H2,1-4H3. The van der Waals surface area contributed by atoms with E-state index in [4.69, 9.17) is 4.74 Å². The van der Waals surface area contributed by atoms with E-state index in [0.717, 1.165) is 0 Å². The van der Waals surface area contributed by atoms with E-state index < -0.39 is 15.6 Å². The van der Waals surface area contributed by atoms with Crippen molar-refractivity contribution in [2.24, 2.45) is 7.05 Å². The monoisotopic (exact) mass is 340 g/mol. The van der Waals surface area contributed by atoms with Crippen LogP contribution in [0, 0.1) is 0 Å². The number of ether oxygens (including phenoxy) is 1. The maximum Gasteiger partial charge on any atom is 0.260 e. The Hall–Kier alpha value is -0.510. The Morgan fingerprint density at radius 2 is 2.11 bits per heavy atom. The van der Waals surface area contributed by atoms with E-state index >= 15 is 0 Å². The van der Waals surface area contributed by atoms with Crippen LogP contribution < -0.4 is 4.72 Å². The highest BCUT2D eigenvalue weighted by Crippen LogP contribution is 2.18. The van der Waals surface area contributed by atoms with Crippen LogP contribution in [0.4, 0.5) is 0 Å². The number of hydrogen-bond acceptors (Lipinski definition) is 5. The van der Waals surface area contributed by atoms with E-state index in [1.54, 1.807) is 0 Å². The van der Waals surface area contributed by atoms with Crippen LogP contribution in [-0.2, 0) is 21.8 Å². The van der Waals surface area contributed by atoms with Crippen molar-refractivity contribution in [3.8, 4) is 0 Å². The van der Waals surface area contributed by atoms with Gasteiger partial charge in [0, 0.05) is 20.2 Å². The molecule has 9 heteroatoms. The largest absolute Gasteiger partial charge is 0.375 e.